The number of nitrogens with one attached hydrogen (secondary N) is 1. The van der Waals surface area contributed by atoms with Gasteiger partial charge in [0, 0.05) is 18.1 Å². The van der Waals surface area contributed by atoms with Crippen LogP contribution >= 0.6 is 23.3 Å². The van der Waals surface area contributed by atoms with Gasteiger partial charge in [-0.25, -0.2) is 4.98 Å². The van der Waals surface area contributed by atoms with Gasteiger partial charge in [0.05, 0.1) is 5.84 Å². The summed E-state index contributed by atoms with van der Waals surface area (Å²) in [5.41, 5.74) is 6.72. The van der Waals surface area contributed by atoms with Crippen LogP contribution in [0, 0.1) is 5.41 Å². The van der Waals surface area contributed by atoms with E-state index in [0.29, 0.717) is 6.42 Å². The number of amidine groups is 1. The number of benzene rings is 1. The first-order chi connectivity index (χ1) is 9.19. The molecule has 1 heterocycles. The second kappa shape index (κ2) is 6.68. The van der Waals surface area contributed by atoms with Crippen LogP contribution in [0.1, 0.15) is 30.0 Å². The maximum absolute atomic E-state index is 7.51. The molecule has 0 amide bonds. The van der Waals surface area contributed by atoms with Gasteiger partial charge in [-0.15, -0.1) is 0 Å². The van der Waals surface area contributed by atoms with Gasteiger partial charge in [0.1, 0.15) is 5.82 Å². The molecular weight excluding hydrogens is 276 g/mol. The van der Waals surface area contributed by atoms with Crippen LogP contribution in [0.25, 0.3) is 0 Å². The van der Waals surface area contributed by atoms with E-state index < -0.39 is 0 Å². The maximum Gasteiger partial charge on any atom is 0.170 e. The van der Waals surface area contributed by atoms with Gasteiger partial charge < -0.3 is 5.73 Å². The molecule has 0 bridgehead atoms. The van der Waals surface area contributed by atoms with Gasteiger partial charge in [0.25, 0.3) is 0 Å². The molecule has 0 radical (unpaired) electrons. The lowest BCUT2D eigenvalue weighted by Gasteiger charge is -2.14. The molecule has 3 N–H and O–H groups in total. The molecule has 100 valence electrons. The molecule has 4 nitrogen and oxygen atoms in total. The Morgan fingerprint density at radius 3 is 2.74 bits per heavy atom. The summed E-state index contributed by atoms with van der Waals surface area (Å²) in [5, 5.41) is 7.63. The average molecular weight is 292 g/mol. The topological polar surface area (TPSA) is 75.7 Å². The van der Waals surface area contributed by atoms with Gasteiger partial charge in [-0.05, 0) is 17.1 Å². The number of thioether (sulfide) groups is 1. The van der Waals surface area contributed by atoms with Crippen LogP contribution in [0.5, 0.6) is 0 Å². The Morgan fingerprint density at radius 2 is 2.16 bits per heavy atom. The Bertz CT molecular complexity index is 539. The summed E-state index contributed by atoms with van der Waals surface area (Å²) < 4.78 is 5.22. The van der Waals surface area contributed by atoms with Gasteiger partial charge in [-0.2, -0.15) is 4.37 Å². The number of aryl methyl sites for hydroxylation is 1. The Hall–Kier alpha value is -1.40. The molecule has 0 fully saturated rings. The predicted molar refractivity (Wildman–Crippen MR) is 80.9 cm³/mol. The van der Waals surface area contributed by atoms with E-state index in [9.17, 15) is 0 Å². The number of nitrogens with two attached hydrogens (primary N) is 1. The van der Waals surface area contributed by atoms with Crippen molar-refractivity contribution >= 4 is 29.1 Å². The molecule has 0 spiro atoms. The summed E-state index contributed by atoms with van der Waals surface area (Å²) in [6, 6.07) is 10.1. The molecule has 1 aromatic heterocycles. The summed E-state index contributed by atoms with van der Waals surface area (Å²) in [6.45, 7) is 2.04. The van der Waals surface area contributed by atoms with E-state index in [2.05, 4.69) is 21.5 Å². The van der Waals surface area contributed by atoms with Crippen LogP contribution in [-0.2, 0) is 6.42 Å². The fraction of sp³-hybridized carbons (Fsp3) is 0.308. The molecule has 1 aromatic carbocycles. The highest BCUT2D eigenvalue weighted by atomic mass is 32.2. The Balaban J connectivity index is 2.16. The van der Waals surface area contributed by atoms with Crippen molar-refractivity contribution in [3.8, 4) is 0 Å². The van der Waals surface area contributed by atoms with E-state index in [1.54, 1.807) is 11.8 Å². The van der Waals surface area contributed by atoms with Crippen molar-refractivity contribution in [2.45, 2.75) is 29.4 Å². The lowest BCUT2D eigenvalue weighted by atomic mass is 10.1. The molecular formula is C13H16N4S2. The molecule has 0 aliphatic carbocycles. The Labute approximate surface area is 121 Å². The Kier molecular flexibility index (Phi) is 4.93. The van der Waals surface area contributed by atoms with E-state index in [1.165, 1.54) is 11.5 Å². The van der Waals surface area contributed by atoms with E-state index in [0.717, 1.165) is 22.1 Å². The summed E-state index contributed by atoms with van der Waals surface area (Å²) in [7, 11) is 0. The minimum Gasteiger partial charge on any atom is -0.388 e. The SMILES string of the molecule is CCc1nsc(SC(CC(=N)N)c2ccccc2)n1. The van der Waals surface area contributed by atoms with Gasteiger partial charge in [0.15, 0.2) is 4.34 Å². The van der Waals surface area contributed by atoms with E-state index >= 15 is 0 Å². The van der Waals surface area contributed by atoms with Crippen molar-refractivity contribution < 1.29 is 0 Å². The fourth-order valence-electron chi connectivity index (χ4n) is 1.65. The third-order valence-electron chi connectivity index (χ3n) is 2.59. The van der Waals surface area contributed by atoms with Crippen molar-refractivity contribution in [3.63, 3.8) is 0 Å². The minimum atomic E-state index is 0.122. The van der Waals surface area contributed by atoms with E-state index in [4.69, 9.17) is 11.1 Å². The lowest BCUT2D eigenvalue weighted by Crippen LogP contribution is -2.13. The first kappa shape index (κ1) is 14.0. The standard InChI is InChI=1S/C13H16N4S2/c1-2-12-16-13(19-17-12)18-10(8-11(14)15)9-6-4-3-5-7-9/h3-7,10H,2,8H2,1H3,(H3,14,15). The second-order valence-corrected chi connectivity index (χ2v) is 6.28. The van der Waals surface area contributed by atoms with Crippen molar-refractivity contribution in [2.24, 2.45) is 5.73 Å². The highest BCUT2D eigenvalue weighted by Crippen LogP contribution is 2.38. The highest BCUT2D eigenvalue weighted by Gasteiger charge is 2.16. The Morgan fingerprint density at radius 1 is 1.42 bits per heavy atom. The van der Waals surface area contributed by atoms with Crippen molar-refractivity contribution in [2.75, 3.05) is 0 Å². The van der Waals surface area contributed by atoms with Crippen LogP contribution in [0.4, 0.5) is 0 Å². The van der Waals surface area contributed by atoms with Gasteiger partial charge in [0.2, 0.25) is 0 Å². The van der Waals surface area contributed by atoms with Crippen LogP contribution < -0.4 is 5.73 Å². The molecule has 6 heteroatoms. The van der Waals surface area contributed by atoms with Crippen LogP contribution in [0.3, 0.4) is 0 Å². The number of aromatic nitrogens is 2. The lowest BCUT2D eigenvalue weighted by molar-refractivity contribution is 0.956. The van der Waals surface area contributed by atoms with Crippen LogP contribution in [-0.4, -0.2) is 15.2 Å². The van der Waals surface area contributed by atoms with Crippen molar-refractivity contribution in [1.82, 2.24) is 9.36 Å². The normalized spacial score (nSPS) is 12.3. The summed E-state index contributed by atoms with van der Waals surface area (Å²) in [6.07, 6.45) is 1.37. The summed E-state index contributed by atoms with van der Waals surface area (Å²) in [4.78, 5) is 4.46. The summed E-state index contributed by atoms with van der Waals surface area (Å²) in [5.74, 6) is 1.07. The quantitative estimate of drug-likeness (QED) is 0.487. The minimum absolute atomic E-state index is 0.122. The predicted octanol–water partition coefficient (Wildman–Crippen LogP) is 3.26. The monoisotopic (exact) mass is 292 g/mol. The third kappa shape index (κ3) is 4.04. The molecule has 1 unspecified atom stereocenters. The largest absolute Gasteiger partial charge is 0.388 e. The zero-order valence-corrected chi connectivity index (χ0v) is 12.3. The first-order valence-electron chi connectivity index (χ1n) is 6.06. The number of nitrogens with zero attached hydrogens (tertiary/aromatic N) is 2. The fourth-order valence-corrected chi connectivity index (χ4v) is 3.74. The molecule has 0 saturated carbocycles. The molecule has 0 aliphatic heterocycles. The molecule has 1 atom stereocenters. The zero-order valence-electron chi connectivity index (χ0n) is 10.7. The van der Waals surface area contributed by atoms with E-state index in [1.807, 2.05) is 25.1 Å². The van der Waals surface area contributed by atoms with Gasteiger partial charge >= 0.3 is 0 Å². The smallest absolute Gasteiger partial charge is 0.170 e. The molecule has 19 heavy (non-hydrogen) atoms. The highest BCUT2D eigenvalue weighted by molar-refractivity contribution is 8.01. The number of hydrogen-bond acceptors (Lipinski definition) is 5. The van der Waals surface area contributed by atoms with Crippen molar-refractivity contribution in [1.29, 1.82) is 5.41 Å². The average Bonchev–Trinajstić information content (AvgIpc) is 2.86. The van der Waals surface area contributed by atoms with Crippen LogP contribution in [0.15, 0.2) is 34.7 Å². The second-order valence-electron chi connectivity index (χ2n) is 4.08. The van der Waals surface area contributed by atoms with Gasteiger partial charge in [-0.1, -0.05) is 49.0 Å². The van der Waals surface area contributed by atoms with E-state index in [-0.39, 0.29) is 11.1 Å². The number of hydrogen-bond donors (Lipinski definition) is 2. The molecule has 2 rings (SSSR count). The third-order valence-corrected chi connectivity index (χ3v) is 4.66. The van der Waals surface area contributed by atoms with Crippen molar-refractivity contribution in [3.05, 3.63) is 41.7 Å². The first-order valence-corrected chi connectivity index (χ1v) is 7.71. The molecule has 2 aromatic rings. The van der Waals surface area contributed by atoms with Gasteiger partial charge in [-0.3, -0.25) is 5.41 Å². The summed E-state index contributed by atoms with van der Waals surface area (Å²) >= 11 is 3.05. The number of rotatable bonds is 6. The molecule has 0 aliphatic rings. The molecule has 0 saturated heterocycles. The maximum atomic E-state index is 7.51. The zero-order chi connectivity index (χ0) is 13.7. The van der Waals surface area contributed by atoms with Crippen LogP contribution in [0.2, 0.25) is 0 Å².